The van der Waals surface area contributed by atoms with E-state index < -0.39 is 15.9 Å². The van der Waals surface area contributed by atoms with Gasteiger partial charge in [-0.2, -0.15) is 4.31 Å². The number of sulfonamides is 1. The minimum atomic E-state index is -3.64. The molecule has 2 N–H and O–H groups in total. The molecule has 1 aromatic rings. The van der Waals surface area contributed by atoms with Crippen molar-refractivity contribution < 1.29 is 18.0 Å². The van der Waals surface area contributed by atoms with Gasteiger partial charge in [-0.15, -0.1) is 0 Å². The summed E-state index contributed by atoms with van der Waals surface area (Å²) in [6, 6.07) is 5.62. The monoisotopic (exact) mass is 351 g/mol. The van der Waals surface area contributed by atoms with Crippen molar-refractivity contribution in [2.75, 3.05) is 26.2 Å². The number of amides is 2. The van der Waals surface area contributed by atoms with Crippen molar-refractivity contribution in [2.24, 2.45) is 11.7 Å². The van der Waals surface area contributed by atoms with Crippen LogP contribution in [0.3, 0.4) is 0 Å². The standard InChI is InChI=1S/C16H21N3O4S/c17-15(20)12-4-6-14(7-5-12)24(22,23)19-9-1-8-18(10-11-19)16(21)13-2-3-13/h4-7,13H,1-3,8-11H2,(H2,17,20). The second-order valence-corrected chi connectivity index (χ2v) is 8.18. The van der Waals surface area contributed by atoms with Crippen LogP contribution in [0.4, 0.5) is 0 Å². The smallest absolute Gasteiger partial charge is 0.248 e. The van der Waals surface area contributed by atoms with E-state index in [0.29, 0.717) is 32.6 Å². The summed E-state index contributed by atoms with van der Waals surface area (Å²) < 4.78 is 26.9. The lowest BCUT2D eigenvalue weighted by Crippen LogP contribution is -2.37. The molecule has 7 nitrogen and oxygen atoms in total. The number of rotatable bonds is 4. The fourth-order valence-corrected chi connectivity index (χ4v) is 4.35. The molecule has 1 heterocycles. The van der Waals surface area contributed by atoms with Gasteiger partial charge in [0.2, 0.25) is 21.8 Å². The summed E-state index contributed by atoms with van der Waals surface area (Å²) in [6.07, 6.45) is 2.52. The first-order chi connectivity index (χ1) is 11.4. The van der Waals surface area contributed by atoms with Gasteiger partial charge in [-0.1, -0.05) is 0 Å². The number of hydrogen-bond donors (Lipinski definition) is 1. The van der Waals surface area contributed by atoms with E-state index in [9.17, 15) is 18.0 Å². The predicted molar refractivity (Wildman–Crippen MR) is 87.6 cm³/mol. The van der Waals surface area contributed by atoms with Gasteiger partial charge < -0.3 is 10.6 Å². The third-order valence-corrected chi connectivity index (χ3v) is 6.38. The predicted octanol–water partition coefficient (Wildman–Crippen LogP) is 0.419. The number of nitrogens with zero attached hydrogens (tertiary/aromatic N) is 2. The number of primary amides is 1. The minimum Gasteiger partial charge on any atom is -0.366 e. The molecule has 0 spiro atoms. The minimum absolute atomic E-state index is 0.134. The van der Waals surface area contributed by atoms with Crippen molar-refractivity contribution in [3.05, 3.63) is 29.8 Å². The lowest BCUT2D eigenvalue weighted by atomic mass is 10.2. The van der Waals surface area contributed by atoms with E-state index in [-0.39, 0.29) is 22.3 Å². The average Bonchev–Trinajstić information content (AvgIpc) is 3.40. The van der Waals surface area contributed by atoms with Gasteiger partial charge in [0.15, 0.2) is 0 Å². The van der Waals surface area contributed by atoms with Gasteiger partial charge in [0.25, 0.3) is 0 Å². The van der Waals surface area contributed by atoms with E-state index in [1.165, 1.54) is 28.6 Å². The lowest BCUT2D eigenvalue weighted by molar-refractivity contribution is -0.132. The highest BCUT2D eigenvalue weighted by molar-refractivity contribution is 7.89. The molecular weight excluding hydrogens is 330 g/mol. The Hall–Kier alpha value is -1.93. The topological polar surface area (TPSA) is 101 Å². The maximum absolute atomic E-state index is 12.8. The Morgan fingerprint density at radius 2 is 1.67 bits per heavy atom. The second kappa shape index (κ2) is 6.52. The largest absolute Gasteiger partial charge is 0.366 e. The maximum atomic E-state index is 12.8. The molecule has 2 fully saturated rings. The van der Waals surface area contributed by atoms with E-state index in [4.69, 9.17) is 5.73 Å². The highest BCUT2D eigenvalue weighted by Gasteiger charge is 2.35. The molecule has 1 saturated carbocycles. The van der Waals surface area contributed by atoms with E-state index in [0.717, 1.165) is 12.8 Å². The third kappa shape index (κ3) is 3.44. The van der Waals surface area contributed by atoms with Crippen LogP contribution in [-0.4, -0.2) is 55.6 Å². The maximum Gasteiger partial charge on any atom is 0.248 e. The molecule has 130 valence electrons. The number of hydrogen-bond acceptors (Lipinski definition) is 4. The molecule has 0 unspecified atom stereocenters. The van der Waals surface area contributed by atoms with Gasteiger partial charge in [-0.25, -0.2) is 8.42 Å². The summed E-state index contributed by atoms with van der Waals surface area (Å²) >= 11 is 0. The Balaban J connectivity index is 1.72. The average molecular weight is 351 g/mol. The third-order valence-electron chi connectivity index (χ3n) is 4.47. The zero-order chi connectivity index (χ0) is 17.3. The molecule has 2 aliphatic rings. The molecule has 1 aliphatic carbocycles. The molecule has 0 aromatic heterocycles. The highest BCUT2D eigenvalue weighted by atomic mass is 32.2. The van der Waals surface area contributed by atoms with Crippen LogP contribution < -0.4 is 5.73 Å². The molecule has 8 heteroatoms. The number of nitrogens with two attached hydrogens (primary N) is 1. The molecule has 0 atom stereocenters. The van der Waals surface area contributed by atoms with Gasteiger partial charge in [0, 0.05) is 37.7 Å². The van der Waals surface area contributed by atoms with E-state index >= 15 is 0 Å². The van der Waals surface area contributed by atoms with E-state index in [1.54, 1.807) is 4.90 Å². The van der Waals surface area contributed by atoms with E-state index in [1.807, 2.05) is 0 Å². The summed E-state index contributed by atoms with van der Waals surface area (Å²) in [6.45, 7) is 1.70. The zero-order valence-electron chi connectivity index (χ0n) is 13.3. The molecule has 24 heavy (non-hydrogen) atoms. The zero-order valence-corrected chi connectivity index (χ0v) is 14.2. The first kappa shape index (κ1) is 16.9. The van der Waals surface area contributed by atoms with E-state index in [2.05, 4.69) is 0 Å². The molecule has 1 aliphatic heterocycles. The van der Waals surface area contributed by atoms with Crippen molar-refractivity contribution in [1.82, 2.24) is 9.21 Å². The summed E-state index contributed by atoms with van der Waals surface area (Å²) in [5, 5.41) is 0. The van der Waals surface area contributed by atoms with Crippen LogP contribution in [0.5, 0.6) is 0 Å². The first-order valence-electron chi connectivity index (χ1n) is 8.08. The van der Waals surface area contributed by atoms with Crippen LogP contribution in [0.25, 0.3) is 0 Å². The second-order valence-electron chi connectivity index (χ2n) is 6.25. The highest BCUT2D eigenvalue weighted by Crippen LogP contribution is 2.31. The van der Waals surface area contributed by atoms with Crippen molar-refractivity contribution in [3.63, 3.8) is 0 Å². The summed E-state index contributed by atoms with van der Waals surface area (Å²) in [7, 11) is -3.64. The van der Waals surface area contributed by atoms with Crippen LogP contribution in [0, 0.1) is 5.92 Å². The van der Waals surface area contributed by atoms with Crippen LogP contribution in [0.15, 0.2) is 29.2 Å². The Bertz CT molecular complexity index is 741. The Labute approximate surface area is 141 Å². The van der Waals surface area contributed by atoms with Crippen molar-refractivity contribution in [1.29, 1.82) is 0 Å². The number of carbonyl (C=O) groups is 2. The summed E-state index contributed by atoms with van der Waals surface area (Å²) in [5.41, 5.74) is 5.44. The molecule has 0 bridgehead atoms. The SMILES string of the molecule is NC(=O)c1ccc(S(=O)(=O)N2CCCN(C(=O)C3CC3)CC2)cc1. The number of benzene rings is 1. The normalized spacial score (nSPS) is 19.8. The fourth-order valence-electron chi connectivity index (χ4n) is 2.88. The fraction of sp³-hybridized carbons (Fsp3) is 0.500. The molecule has 3 rings (SSSR count). The molecule has 2 amide bonds. The molecular formula is C16H21N3O4S. The Morgan fingerprint density at radius 3 is 2.25 bits per heavy atom. The number of carbonyl (C=O) groups excluding carboxylic acids is 2. The van der Waals surface area contributed by atoms with Gasteiger partial charge in [0.1, 0.15) is 0 Å². The summed E-state index contributed by atoms with van der Waals surface area (Å²) in [5.74, 6) is -0.294. The van der Waals surface area contributed by atoms with Gasteiger partial charge in [-0.3, -0.25) is 9.59 Å². The van der Waals surface area contributed by atoms with Crippen LogP contribution in [0.2, 0.25) is 0 Å². The molecule has 1 saturated heterocycles. The van der Waals surface area contributed by atoms with Crippen molar-refractivity contribution >= 4 is 21.8 Å². The van der Waals surface area contributed by atoms with Crippen LogP contribution in [0.1, 0.15) is 29.6 Å². The van der Waals surface area contributed by atoms with Crippen molar-refractivity contribution in [3.8, 4) is 0 Å². The van der Waals surface area contributed by atoms with Crippen LogP contribution >= 0.6 is 0 Å². The first-order valence-corrected chi connectivity index (χ1v) is 9.52. The van der Waals surface area contributed by atoms with Gasteiger partial charge in [-0.05, 0) is 43.5 Å². The summed E-state index contributed by atoms with van der Waals surface area (Å²) in [4.78, 5) is 25.2. The Kier molecular flexibility index (Phi) is 4.60. The van der Waals surface area contributed by atoms with Gasteiger partial charge >= 0.3 is 0 Å². The quantitative estimate of drug-likeness (QED) is 0.849. The van der Waals surface area contributed by atoms with Crippen molar-refractivity contribution in [2.45, 2.75) is 24.2 Å². The van der Waals surface area contributed by atoms with Crippen LogP contribution in [-0.2, 0) is 14.8 Å². The van der Waals surface area contributed by atoms with Gasteiger partial charge in [0.05, 0.1) is 4.90 Å². The molecule has 1 aromatic carbocycles. The Morgan fingerprint density at radius 1 is 1.00 bits per heavy atom. The molecule has 0 radical (unpaired) electrons. The lowest BCUT2D eigenvalue weighted by Gasteiger charge is -2.22.